The largest absolute Gasteiger partial charge is 0.822 e. The van der Waals surface area contributed by atoms with Crippen molar-refractivity contribution in [1.82, 2.24) is 0 Å². The van der Waals surface area contributed by atoms with Crippen molar-refractivity contribution in [3.05, 3.63) is 198 Å². The van der Waals surface area contributed by atoms with E-state index < -0.39 is 7.82 Å². The van der Waals surface area contributed by atoms with E-state index in [9.17, 15) is 15.3 Å². The highest BCUT2D eigenvalue weighted by molar-refractivity contribution is 7.40. The topological polar surface area (TPSA) is 159 Å². The molecule has 6 aromatic carbocycles. The molecule has 10 nitrogen and oxygen atoms in total. The fourth-order valence-electron chi connectivity index (χ4n) is 10.1. The second kappa shape index (κ2) is 17.8. The van der Waals surface area contributed by atoms with E-state index >= 15 is 0 Å². The van der Waals surface area contributed by atoms with E-state index in [0.29, 0.717) is 17.2 Å². The Morgan fingerprint density at radius 1 is 0.353 bits per heavy atom. The quantitative estimate of drug-likeness (QED) is 0.0592. The van der Waals surface area contributed by atoms with Crippen molar-refractivity contribution in [2.75, 3.05) is 0 Å². The second-order valence-corrected chi connectivity index (χ2v) is 17.9. The number of aryl methyl sites for hydroxylation is 6. The summed E-state index contributed by atoms with van der Waals surface area (Å²) in [6.07, 6.45) is 6.27. The van der Waals surface area contributed by atoms with Crippen molar-refractivity contribution >= 4 is 89.0 Å². The van der Waals surface area contributed by atoms with Crippen LogP contribution in [0.2, 0.25) is 0 Å². The maximum atomic E-state index is 10.2. The summed E-state index contributed by atoms with van der Waals surface area (Å²) in [7, 11) is -5.39. The molecule has 0 aliphatic rings. The summed E-state index contributed by atoms with van der Waals surface area (Å²) in [6.45, 7) is 12.6. The van der Waals surface area contributed by atoms with Crippen LogP contribution >= 0.6 is 7.82 Å². The Bertz CT molecular complexity index is 3650. The van der Waals surface area contributed by atoms with Crippen LogP contribution in [-0.2, 0) is 4.57 Å². The van der Waals surface area contributed by atoms with Crippen LogP contribution in [0.15, 0.2) is 164 Å². The first-order valence-electron chi connectivity index (χ1n) is 22.1. The molecule has 6 heterocycles. The standard InChI is InChI=1S/3C19H15NO.H3O4P/c3*1-12-15-8-5-9-17(21)18(15)13(2)20-11-10-14-6-3-4-7-16(14)19(12)20;1-5(2,3)4/h3*3-11H,1-2H3;(H3,1,2,3,4). The number of benzene rings is 6. The summed E-state index contributed by atoms with van der Waals surface area (Å²) in [4.78, 5) is 25.6. The fourth-order valence-corrected chi connectivity index (χ4v) is 10.1. The number of fused-ring (bicyclic) bond motifs is 12. The average Bonchev–Trinajstić information content (AvgIpc) is 3.33. The van der Waals surface area contributed by atoms with Gasteiger partial charge in [0.1, 0.15) is 17.2 Å². The zero-order valence-corrected chi connectivity index (χ0v) is 39.2. The number of hydrogen-bond acceptors (Lipinski definition) is 7. The Morgan fingerprint density at radius 3 is 0.853 bits per heavy atom. The van der Waals surface area contributed by atoms with Gasteiger partial charge >= 0.3 is 0 Å². The Hall–Kier alpha value is -7.72. The van der Waals surface area contributed by atoms with Crippen LogP contribution in [0.25, 0.3) is 81.2 Å². The molecule has 0 aliphatic heterocycles. The third kappa shape index (κ3) is 8.03. The monoisotopic (exact) mass is 917 g/mol. The highest BCUT2D eigenvalue weighted by Gasteiger charge is 2.23. The lowest BCUT2D eigenvalue weighted by atomic mass is 9.99. The highest BCUT2D eigenvalue weighted by atomic mass is 31.2. The van der Waals surface area contributed by atoms with Crippen molar-refractivity contribution in [2.45, 2.75) is 41.5 Å². The number of rotatable bonds is 0. The van der Waals surface area contributed by atoms with Gasteiger partial charge in [-0.15, -0.1) is 0 Å². The van der Waals surface area contributed by atoms with Crippen LogP contribution in [0.4, 0.5) is 0 Å². The lowest BCUT2D eigenvalue weighted by Gasteiger charge is -2.36. The minimum absolute atomic E-state index is 0.343. The number of phenolic OH excluding ortho intramolecular Hbond substituents is 3. The molecule has 0 amide bonds. The molecule has 0 saturated heterocycles. The van der Waals surface area contributed by atoms with Crippen LogP contribution in [0.5, 0.6) is 17.2 Å². The molecule has 0 radical (unpaired) electrons. The molecule has 0 fully saturated rings. The van der Waals surface area contributed by atoms with Gasteiger partial charge in [0, 0.05) is 71.8 Å². The maximum Gasteiger partial charge on any atom is 0.222 e. The van der Waals surface area contributed by atoms with Gasteiger partial charge in [-0.25, -0.2) is 0 Å². The van der Waals surface area contributed by atoms with Gasteiger partial charge in [-0.05, 0) is 73.3 Å². The van der Waals surface area contributed by atoms with Gasteiger partial charge in [-0.3, -0.25) is 0 Å². The summed E-state index contributed by atoms with van der Waals surface area (Å²) in [5, 5.41) is 44.3. The van der Waals surface area contributed by atoms with E-state index in [1.54, 1.807) is 18.2 Å². The summed E-state index contributed by atoms with van der Waals surface area (Å²) in [5.41, 5.74) is 10.4. The van der Waals surface area contributed by atoms with E-state index in [1.807, 2.05) is 18.2 Å². The molecular weight excluding hydrogens is 870 g/mol. The third-order valence-corrected chi connectivity index (χ3v) is 13.2. The van der Waals surface area contributed by atoms with E-state index in [4.69, 9.17) is 19.2 Å². The fraction of sp³-hybridized carbons (Fsp3) is 0.105. The minimum atomic E-state index is -5.39. The molecule has 0 spiro atoms. The molecule has 12 rings (SSSR count). The number of nitrogens with zero attached hydrogens (tertiary/aromatic N) is 3. The first kappa shape index (κ1) is 45.4. The SMILES string of the molecule is Cc1c2cccc(O)c2c(C)[n+]2ccc3ccccc3c12.Cc1c2cccc(O)c2c(C)[n+]2ccc3ccccc3c12.Cc1c2cccc(O)c2c(C)[n+]2ccc3ccccc3c12.O=P([O-])([O-])[O-]. The summed E-state index contributed by atoms with van der Waals surface area (Å²) >= 11 is 0. The maximum absolute atomic E-state index is 10.2. The first-order chi connectivity index (χ1) is 32.5. The Morgan fingerprint density at radius 2 is 0.588 bits per heavy atom. The zero-order chi connectivity index (χ0) is 48.2. The molecule has 0 unspecified atom stereocenters. The smallest absolute Gasteiger partial charge is 0.222 e. The van der Waals surface area contributed by atoms with Gasteiger partial charge in [-0.2, -0.15) is 21.0 Å². The van der Waals surface area contributed by atoms with E-state index in [-0.39, 0.29) is 0 Å². The van der Waals surface area contributed by atoms with Crippen molar-refractivity contribution in [2.24, 2.45) is 0 Å². The van der Waals surface area contributed by atoms with Crippen molar-refractivity contribution < 1.29 is 47.8 Å². The van der Waals surface area contributed by atoms with Crippen molar-refractivity contribution in [3.63, 3.8) is 0 Å². The van der Waals surface area contributed by atoms with Crippen LogP contribution < -0.4 is 27.9 Å². The molecule has 0 bridgehead atoms. The van der Waals surface area contributed by atoms with Crippen LogP contribution in [0.3, 0.4) is 0 Å². The Balaban J connectivity index is 0.000000121. The molecule has 3 N–H and O–H groups in total. The lowest BCUT2D eigenvalue weighted by Crippen LogP contribution is -2.27. The summed E-state index contributed by atoms with van der Waals surface area (Å²) in [5.74, 6) is 1.03. The van der Waals surface area contributed by atoms with Gasteiger partial charge in [0.15, 0.2) is 35.7 Å². The second-order valence-electron chi connectivity index (χ2n) is 17.0. The number of aromatic hydroxyl groups is 3. The number of hydrogen-bond donors (Lipinski definition) is 3. The van der Waals surface area contributed by atoms with Crippen LogP contribution in [-0.4, -0.2) is 15.3 Å². The average molecular weight is 918 g/mol. The van der Waals surface area contributed by atoms with Crippen molar-refractivity contribution in [1.29, 1.82) is 0 Å². The highest BCUT2D eigenvalue weighted by Crippen LogP contribution is 2.35. The molecule has 0 aliphatic carbocycles. The summed E-state index contributed by atoms with van der Waals surface area (Å²) in [6, 6.07) is 48.9. The van der Waals surface area contributed by atoms with Gasteiger partial charge < -0.3 is 34.6 Å². The van der Waals surface area contributed by atoms with Gasteiger partial charge in [0.05, 0.1) is 32.3 Å². The number of aromatic nitrogens is 3. The molecule has 338 valence electrons. The molecule has 68 heavy (non-hydrogen) atoms. The molecule has 12 aromatic rings. The number of phosphoric acid groups is 1. The predicted molar refractivity (Wildman–Crippen MR) is 265 cm³/mol. The van der Waals surface area contributed by atoms with E-state index in [1.165, 1.54) is 65.6 Å². The third-order valence-electron chi connectivity index (χ3n) is 13.2. The van der Waals surface area contributed by atoms with Crippen molar-refractivity contribution in [3.8, 4) is 17.2 Å². The van der Waals surface area contributed by atoms with Gasteiger partial charge in [0.2, 0.25) is 16.6 Å². The Kier molecular flexibility index (Phi) is 11.9. The predicted octanol–water partition coefficient (Wildman–Crippen LogP) is 9.34. The van der Waals surface area contributed by atoms with E-state index in [2.05, 4.69) is 183 Å². The first-order valence-corrected chi connectivity index (χ1v) is 23.6. The van der Waals surface area contributed by atoms with E-state index in [0.717, 1.165) is 49.4 Å². The Labute approximate surface area is 392 Å². The molecule has 6 aromatic heterocycles. The van der Waals surface area contributed by atoms with Gasteiger partial charge in [-0.1, -0.05) is 91.0 Å². The number of phenols is 3. The number of pyridine rings is 6. The molecule has 0 atom stereocenters. The van der Waals surface area contributed by atoms with Crippen LogP contribution in [0.1, 0.15) is 33.8 Å². The molecule has 0 saturated carbocycles. The molecular formula is C57H48N3O7P. The minimum Gasteiger partial charge on any atom is -0.822 e. The zero-order valence-electron chi connectivity index (χ0n) is 38.4. The lowest BCUT2D eigenvalue weighted by molar-refractivity contribution is -0.517. The van der Waals surface area contributed by atoms with Crippen LogP contribution in [0, 0.1) is 41.5 Å². The normalized spacial score (nSPS) is 11.5. The van der Waals surface area contributed by atoms with Gasteiger partial charge in [0.25, 0.3) is 0 Å². The summed E-state index contributed by atoms with van der Waals surface area (Å²) < 4.78 is 15.1. The molecule has 11 heteroatoms.